The van der Waals surface area contributed by atoms with Gasteiger partial charge in [0.15, 0.2) is 0 Å². The van der Waals surface area contributed by atoms with Crippen molar-refractivity contribution >= 4 is 11.5 Å². The predicted molar refractivity (Wildman–Crippen MR) is 81.5 cm³/mol. The normalized spacial score (nSPS) is 21.0. The maximum Gasteiger partial charge on any atom is 0.311 e. The summed E-state index contributed by atoms with van der Waals surface area (Å²) in [4.78, 5) is 15.0. The lowest BCUT2D eigenvalue weighted by atomic mass is 9.86. The van der Waals surface area contributed by atoms with Gasteiger partial charge in [-0.05, 0) is 38.2 Å². The Morgan fingerprint density at radius 1 is 1.52 bits per heavy atom. The Bertz CT molecular complexity index is 515. The summed E-state index contributed by atoms with van der Waals surface area (Å²) in [6.45, 7) is 6.73. The summed E-state index contributed by atoms with van der Waals surface area (Å²) in [7, 11) is 0. The van der Waals surface area contributed by atoms with Crippen molar-refractivity contribution in [2.24, 2.45) is 0 Å². The van der Waals surface area contributed by atoms with Crippen LogP contribution in [0.1, 0.15) is 45.1 Å². The SMILES string of the molecule is CCC1(CC)CC(Nc2ncc(C)cc2[N+](=O)[O-])CCO1. The van der Waals surface area contributed by atoms with Crippen LogP contribution in [0.2, 0.25) is 0 Å². The maximum atomic E-state index is 11.2. The molecule has 2 rings (SSSR count). The number of hydrogen-bond acceptors (Lipinski definition) is 5. The summed E-state index contributed by atoms with van der Waals surface area (Å²) in [5.74, 6) is 0.360. The lowest BCUT2D eigenvalue weighted by Gasteiger charge is -2.40. The third-order valence-electron chi connectivity index (χ3n) is 4.32. The van der Waals surface area contributed by atoms with Gasteiger partial charge in [0.05, 0.1) is 10.5 Å². The molecule has 6 heteroatoms. The zero-order chi connectivity index (χ0) is 15.5. The summed E-state index contributed by atoms with van der Waals surface area (Å²) >= 11 is 0. The fourth-order valence-corrected chi connectivity index (χ4v) is 2.89. The lowest BCUT2D eigenvalue weighted by Crippen LogP contribution is -2.43. The molecule has 1 fully saturated rings. The minimum absolute atomic E-state index is 0.0417. The fourth-order valence-electron chi connectivity index (χ4n) is 2.89. The highest BCUT2D eigenvalue weighted by molar-refractivity contribution is 5.57. The fraction of sp³-hybridized carbons (Fsp3) is 0.667. The Morgan fingerprint density at radius 2 is 2.24 bits per heavy atom. The second-order valence-corrected chi connectivity index (χ2v) is 5.71. The molecule has 1 aliphatic rings. The molecule has 2 heterocycles. The van der Waals surface area contributed by atoms with Crippen LogP contribution in [0.15, 0.2) is 12.3 Å². The predicted octanol–water partition coefficient (Wildman–Crippen LogP) is 3.45. The van der Waals surface area contributed by atoms with Crippen molar-refractivity contribution in [2.45, 2.75) is 58.1 Å². The van der Waals surface area contributed by atoms with Gasteiger partial charge in [-0.25, -0.2) is 4.98 Å². The van der Waals surface area contributed by atoms with Crippen LogP contribution < -0.4 is 5.32 Å². The molecule has 1 aliphatic heterocycles. The molecule has 1 atom stereocenters. The van der Waals surface area contributed by atoms with E-state index in [4.69, 9.17) is 4.74 Å². The Kier molecular flexibility index (Phi) is 4.77. The Balaban J connectivity index is 2.16. The van der Waals surface area contributed by atoms with Gasteiger partial charge in [-0.1, -0.05) is 13.8 Å². The molecule has 0 radical (unpaired) electrons. The Hall–Kier alpha value is -1.69. The number of nitro groups is 1. The third-order valence-corrected chi connectivity index (χ3v) is 4.32. The van der Waals surface area contributed by atoms with Gasteiger partial charge in [-0.15, -0.1) is 0 Å². The molecule has 0 aliphatic carbocycles. The van der Waals surface area contributed by atoms with Gasteiger partial charge >= 0.3 is 5.69 Å². The smallest absolute Gasteiger partial charge is 0.311 e. The van der Waals surface area contributed by atoms with Crippen LogP contribution >= 0.6 is 0 Å². The van der Waals surface area contributed by atoms with E-state index in [-0.39, 0.29) is 22.3 Å². The summed E-state index contributed by atoms with van der Waals surface area (Å²) in [5, 5.41) is 14.4. The van der Waals surface area contributed by atoms with Gasteiger partial charge in [-0.2, -0.15) is 0 Å². The minimum atomic E-state index is -0.380. The number of aromatic nitrogens is 1. The maximum absolute atomic E-state index is 11.2. The second kappa shape index (κ2) is 6.39. The number of anilines is 1. The van der Waals surface area contributed by atoms with Crippen LogP contribution in [0.25, 0.3) is 0 Å². The van der Waals surface area contributed by atoms with Crippen molar-refractivity contribution in [3.8, 4) is 0 Å². The van der Waals surface area contributed by atoms with E-state index >= 15 is 0 Å². The monoisotopic (exact) mass is 293 g/mol. The molecule has 0 aromatic carbocycles. The average molecular weight is 293 g/mol. The molecule has 1 N–H and O–H groups in total. The third kappa shape index (κ3) is 3.50. The van der Waals surface area contributed by atoms with Crippen LogP contribution in [0.3, 0.4) is 0 Å². The van der Waals surface area contributed by atoms with E-state index in [1.165, 1.54) is 0 Å². The molecule has 21 heavy (non-hydrogen) atoms. The van der Waals surface area contributed by atoms with Crippen LogP contribution in [-0.2, 0) is 4.74 Å². The summed E-state index contributed by atoms with van der Waals surface area (Å²) < 4.78 is 5.93. The van der Waals surface area contributed by atoms with Crippen LogP contribution in [-0.4, -0.2) is 28.2 Å². The first kappa shape index (κ1) is 15.7. The van der Waals surface area contributed by atoms with Gasteiger partial charge < -0.3 is 10.1 Å². The molecule has 1 unspecified atom stereocenters. The average Bonchev–Trinajstić information content (AvgIpc) is 2.49. The molecular formula is C15H23N3O3. The number of pyridine rings is 1. The zero-order valence-corrected chi connectivity index (χ0v) is 12.9. The van der Waals surface area contributed by atoms with Gasteiger partial charge in [0.25, 0.3) is 0 Å². The number of nitrogens with zero attached hydrogens (tertiary/aromatic N) is 2. The molecule has 0 amide bonds. The number of ether oxygens (including phenoxy) is 1. The topological polar surface area (TPSA) is 77.3 Å². The standard InChI is InChI=1S/C15H23N3O3/c1-4-15(5-2)9-12(6-7-21-15)17-14-13(18(19)20)8-11(3)10-16-14/h8,10,12H,4-7,9H2,1-3H3,(H,16,17). The van der Waals surface area contributed by atoms with Crippen molar-refractivity contribution in [2.75, 3.05) is 11.9 Å². The minimum Gasteiger partial charge on any atom is -0.375 e. The van der Waals surface area contributed by atoms with Crippen LogP contribution in [0, 0.1) is 17.0 Å². The molecular weight excluding hydrogens is 270 g/mol. The summed E-state index contributed by atoms with van der Waals surface area (Å²) in [5.41, 5.74) is 0.714. The van der Waals surface area contributed by atoms with Gasteiger partial charge in [0, 0.05) is 24.9 Å². The first-order valence-corrected chi connectivity index (χ1v) is 7.51. The number of rotatable bonds is 5. The summed E-state index contributed by atoms with van der Waals surface area (Å²) in [6, 6.07) is 1.72. The van der Waals surface area contributed by atoms with Crippen molar-refractivity contribution in [3.63, 3.8) is 0 Å². The first-order valence-electron chi connectivity index (χ1n) is 7.51. The number of hydrogen-bond donors (Lipinski definition) is 1. The highest BCUT2D eigenvalue weighted by Gasteiger charge is 2.35. The van der Waals surface area contributed by atoms with Crippen LogP contribution in [0.5, 0.6) is 0 Å². The van der Waals surface area contributed by atoms with Crippen molar-refractivity contribution in [1.29, 1.82) is 0 Å². The van der Waals surface area contributed by atoms with E-state index in [1.54, 1.807) is 19.2 Å². The van der Waals surface area contributed by atoms with Gasteiger partial charge in [0.2, 0.25) is 5.82 Å². The van der Waals surface area contributed by atoms with Gasteiger partial charge in [0.1, 0.15) is 0 Å². The first-order chi connectivity index (χ1) is 9.99. The molecule has 0 bridgehead atoms. The molecule has 116 valence electrons. The van der Waals surface area contributed by atoms with E-state index < -0.39 is 0 Å². The molecule has 1 saturated heterocycles. The largest absolute Gasteiger partial charge is 0.375 e. The van der Waals surface area contributed by atoms with Crippen molar-refractivity contribution in [3.05, 3.63) is 27.9 Å². The van der Waals surface area contributed by atoms with Crippen molar-refractivity contribution in [1.82, 2.24) is 4.98 Å². The zero-order valence-electron chi connectivity index (χ0n) is 12.9. The van der Waals surface area contributed by atoms with E-state index in [0.717, 1.165) is 31.2 Å². The van der Waals surface area contributed by atoms with E-state index in [1.807, 2.05) is 0 Å². The second-order valence-electron chi connectivity index (χ2n) is 5.71. The Labute approximate surface area is 125 Å². The molecule has 1 aromatic heterocycles. The quantitative estimate of drug-likeness (QED) is 0.664. The number of nitrogens with one attached hydrogen (secondary N) is 1. The highest BCUT2D eigenvalue weighted by Crippen LogP contribution is 2.33. The van der Waals surface area contributed by atoms with E-state index in [2.05, 4.69) is 24.1 Å². The molecule has 0 spiro atoms. The van der Waals surface area contributed by atoms with Gasteiger partial charge in [-0.3, -0.25) is 10.1 Å². The number of aryl methyl sites for hydroxylation is 1. The summed E-state index contributed by atoms with van der Waals surface area (Å²) in [6.07, 6.45) is 5.25. The molecule has 6 nitrogen and oxygen atoms in total. The van der Waals surface area contributed by atoms with Crippen molar-refractivity contribution < 1.29 is 9.66 Å². The van der Waals surface area contributed by atoms with E-state index in [9.17, 15) is 10.1 Å². The van der Waals surface area contributed by atoms with E-state index in [0.29, 0.717) is 12.4 Å². The van der Waals surface area contributed by atoms with Crippen LogP contribution in [0.4, 0.5) is 11.5 Å². The molecule has 0 saturated carbocycles. The highest BCUT2D eigenvalue weighted by atomic mass is 16.6. The molecule has 1 aromatic rings. The lowest BCUT2D eigenvalue weighted by molar-refractivity contribution is -0.384. The Morgan fingerprint density at radius 3 is 2.86 bits per heavy atom.